The zero-order chi connectivity index (χ0) is 15.6. The van der Waals surface area contributed by atoms with Crippen molar-refractivity contribution >= 4 is 34.1 Å². The van der Waals surface area contributed by atoms with Crippen LogP contribution in [0, 0.1) is 0 Å². The number of carboxylic acid groups (broad SMARTS) is 1. The number of thiophene rings is 1. The van der Waals surface area contributed by atoms with Crippen LogP contribution in [-0.4, -0.2) is 34.3 Å². The molecule has 0 spiro atoms. The Morgan fingerprint density at radius 2 is 2.10 bits per heavy atom. The van der Waals surface area contributed by atoms with Gasteiger partial charge in [0, 0.05) is 24.8 Å². The van der Waals surface area contributed by atoms with Crippen molar-refractivity contribution in [3.63, 3.8) is 0 Å². The number of hydrogen-bond donors (Lipinski definition) is 2. The van der Waals surface area contributed by atoms with Gasteiger partial charge in [0.2, 0.25) is 11.8 Å². The maximum Gasteiger partial charge on any atom is 0.339 e. The molecule has 1 aromatic heterocycles. The number of carboxylic acids is 1. The Labute approximate surface area is 126 Å². The van der Waals surface area contributed by atoms with E-state index in [0.717, 1.165) is 10.4 Å². The average molecular weight is 310 g/mol. The first-order valence-electron chi connectivity index (χ1n) is 6.87. The van der Waals surface area contributed by atoms with E-state index in [9.17, 15) is 19.5 Å². The molecule has 2 N–H and O–H groups in total. The number of anilines is 1. The Hall–Kier alpha value is -1.89. The molecule has 0 atom stereocenters. The predicted octanol–water partition coefficient (Wildman–Crippen LogP) is 2.09. The zero-order valence-corrected chi connectivity index (χ0v) is 12.9. The van der Waals surface area contributed by atoms with Crippen molar-refractivity contribution in [1.82, 2.24) is 4.90 Å². The van der Waals surface area contributed by atoms with Crippen molar-refractivity contribution in [3.05, 3.63) is 16.0 Å². The van der Waals surface area contributed by atoms with Crippen LogP contribution in [-0.2, 0) is 22.6 Å². The Bertz CT molecular complexity index is 594. The molecule has 0 unspecified atom stereocenters. The largest absolute Gasteiger partial charge is 0.478 e. The Morgan fingerprint density at radius 1 is 1.38 bits per heavy atom. The van der Waals surface area contributed by atoms with Gasteiger partial charge in [0.05, 0.1) is 12.1 Å². The summed E-state index contributed by atoms with van der Waals surface area (Å²) in [4.78, 5) is 37.2. The molecule has 114 valence electrons. The molecule has 1 aliphatic rings. The topological polar surface area (TPSA) is 86.7 Å². The first-order valence-corrected chi connectivity index (χ1v) is 7.68. The second-order valence-electron chi connectivity index (χ2n) is 5.00. The minimum atomic E-state index is -1.03. The average Bonchev–Trinajstić information content (AvgIpc) is 2.75. The van der Waals surface area contributed by atoms with E-state index >= 15 is 0 Å². The number of aromatic carboxylic acids is 1. The maximum absolute atomic E-state index is 11.7. The van der Waals surface area contributed by atoms with E-state index in [1.54, 1.807) is 4.90 Å². The number of hydrogen-bond acceptors (Lipinski definition) is 4. The van der Waals surface area contributed by atoms with Gasteiger partial charge in [-0.1, -0.05) is 6.92 Å². The number of nitrogens with zero attached hydrogens (tertiary/aromatic N) is 1. The molecular weight excluding hydrogens is 292 g/mol. The van der Waals surface area contributed by atoms with Crippen LogP contribution >= 0.6 is 11.3 Å². The Balaban J connectivity index is 2.32. The van der Waals surface area contributed by atoms with Gasteiger partial charge in [-0.3, -0.25) is 9.59 Å². The van der Waals surface area contributed by atoms with E-state index in [1.807, 2.05) is 6.92 Å². The minimum absolute atomic E-state index is 0.0255. The number of carbonyl (C=O) groups is 3. The molecule has 2 heterocycles. The van der Waals surface area contributed by atoms with Gasteiger partial charge < -0.3 is 15.3 Å². The lowest BCUT2D eigenvalue weighted by atomic mass is 10.0. The third-order valence-corrected chi connectivity index (χ3v) is 4.58. The molecule has 7 heteroatoms. The molecule has 6 nitrogen and oxygen atoms in total. The standard InChI is InChI=1S/C14H18N2O4S/c1-3-4-11(18)15-13-12(14(19)20)9-5-6-16(8(2)17)7-10(9)21-13/h3-7H2,1-2H3,(H,15,18)(H,19,20). The van der Waals surface area contributed by atoms with Gasteiger partial charge in [0.25, 0.3) is 0 Å². The van der Waals surface area contributed by atoms with Crippen LogP contribution in [0.15, 0.2) is 0 Å². The number of nitrogens with one attached hydrogen (secondary N) is 1. The fourth-order valence-electron chi connectivity index (χ4n) is 2.40. The second-order valence-corrected chi connectivity index (χ2v) is 6.11. The highest BCUT2D eigenvalue weighted by molar-refractivity contribution is 7.17. The van der Waals surface area contributed by atoms with Crippen LogP contribution in [0.2, 0.25) is 0 Å². The molecule has 2 rings (SSSR count). The van der Waals surface area contributed by atoms with E-state index in [4.69, 9.17) is 0 Å². The normalized spacial score (nSPS) is 13.7. The highest BCUT2D eigenvalue weighted by Gasteiger charge is 2.29. The lowest BCUT2D eigenvalue weighted by Gasteiger charge is -2.25. The number of fused-ring (bicyclic) bond motifs is 1. The van der Waals surface area contributed by atoms with E-state index in [1.165, 1.54) is 18.3 Å². The summed E-state index contributed by atoms with van der Waals surface area (Å²) in [5, 5.41) is 12.5. The van der Waals surface area contributed by atoms with Crippen molar-refractivity contribution in [2.45, 2.75) is 39.7 Å². The van der Waals surface area contributed by atoms with Gasteiger partial charge in [0.1, 0.15) is 5.00 Å². The molecule has 0 saturated heterocycles. The molecule has 0 radical (unpaired) electrons. The number of amides is 2. The van der Waals surface area contributed by atoms with Gasteiger partial charge in [-0.25, -0.2) is 4.79 Å². The third-order valence-electron chi connectivity index (χ3n) is 3.45. The molecular formula is C14H18N2O4S. The zero-order valence-electron chi connectivity index (χ0n) is 12.1. The van der Waals surface area contributed by atoms with Crippen molar-refractivity contribution in [2.24, 2.45) is 0 Å². The molecule has 2 amide bonds. The maximum atomic E-state index is 11.7. The molecule has 0 bridgehead atoms. The Morgan fingerprint density at radius 3 is 2.67 bits per heavy atom. The summed E-state index contributed by atoms with van der Waals surface area (Å²) in [6, 6.07) is 0. The van der Waals surface area contributed by atoms with Crippen LogP contribution in [0.25, 0.3) is 0 Å². The lowest BCUT2D eigenvalue weighted by molar-refractivity contribution is -0.129. The summed E-state index contributed by atoms with van der Waals surface area (Å²) in [6.45, 7) is 4.32. The van der Waals surface area contributed by atoms with Crippen LogP contribution in [0.3, 0.4) is 0 Å². The first kappa shape index (κ1) is 15.5. The molecule has 1 aliphatic heterocycles. The van der Waals surface area contributed by atoms with E-state index in [-0.39, 0.29) is 17.4 Å². The second kappa shape index (κ2) is 6.26. The molecule has 21 heavy (non-hydrogen) atoms. The highest BCUT2D eigenvalue weighted by atomic mass is 32.1. The predicted molar refractivity (Wildman–Crippen MR) is 79.6 cm³/mol. The summed E-state index contributed by atoms with van der Waals surface area (Å²) in [5.41, 5.74) is 0.930. The van der Waals surface area contributed by atoms with Gasteiger partial charge in [-0.15, -0.1) is 11.3 Å². The third kappa shape index (κ3) is 3.24. The van der Waals surface area contributed by atoms with Crippen molar-refractivity contribution in [1.29, 1.82) is 0 Å². The summed E-state index contributed by atoms with van der Waals surface area (Å²) >= 11 is 1.26. The van der Waals surface area contributed by atoms with Crippen molar-refractivity contribution in [2.75, 3.05) is 11.9 Å². The Kier molecular flexibility index (Phi) is 4.62. The van der Waals surface area contributed by atoms with Gasteiger partial charge >= 0.3 is 5.97 Å². The fraction of sp³-hybridized carbons (Fsp3) is 0.500. The molecule has 0 saturated carbocycles. The first-order chi connectivity index (χ1) is 9.93. The fourth-order valence-corrected chi connectivity index (χ4v) is 3.67. The van der Waals surface area contributed by atoms with Crippen LogP contribution < -0.4 is 5.32 Å². The number of carbonyl (C=O) groups excluding carboxylic acids is 2. The van der Waals surface area contributed by atoms with Crippen LogP contribution in [0.1, 0.15) is 47.5 Å². The molecule has 1 aromatic rings. The summed E-state index contributed by atoms with van der Waals surface area (Å²) < 4.78 is 0. The molecule has 0 fully saturated rings. The summed E-state index contributed by atoms with van der Waals surface area (Å²) in [7, 11) is 0. The van der Waals surface area contributed by atoms with E-state index < -0.39 is 5.97 Å². The quantitative estimate of drug-likeness (QED) is 0.891. The monoisotopic (exact) mass is 310 g/mol. The van der Waals surface area contributed by atoms with Crippen LogP contribution in [0.5, 0.6) is 0 Å². The summed E-state index contributed by atoms with van der Waals surface area (Å²) in [5.74, 6) is -1.24. The number of rotatable bonds is 4. The molecule has 0 aromatic carbocycles. The van der Waals surface area contributed by atoms with Crippen molar-refractivity contribution < 1.29 is 19.5 Å². The highest BCUT2D eigenvalue weighted by Crippen LogP contribution is 2.37. The van der Waals surface area contributed by atoms with Gasteiger partial charge in [-0.05, 0) is 18.4 Å². The van der Waals surface area contributed by atoms with E-state index in [0.29, 0.717) is 37.4 Å². The van der Waals surface area contributed by atoms with Gasteiger partial charge in [0.15, 0.2) is 0 Å². The van der Waals surface area contributed by atoms with E-state index in [2.05, 4.69) is 5.32 Å². The lowest BCUT2D eigenvalue weighted by Crippen LogP contribution is -2.33. The minimum Gasteiger partial charge on any atom is -0.478 e. The van der Waals surface area contributed by atoms with Gasteiger partial charge in [-0.2, -0.15) is 0 Å². The van der Waals surface area contributed by atoms with Crippen molar-refractivity contribution in [3.8, 4) is 0 Å². The smallest absolute Gasteiger partial charge is 0.339 e. The molecule has 0 aliphatic carbocycles. The van der Waals surface area contributed by atoms with Crippen LogP contribution in [0.4, 0.5) is 5.00 Å². The SMILES string of the molecule is CCCC(=O)Nc1sc2c(c1C(=O)O)CCN(C(C)=O)C2. The summed E-state index contributed by atoms with van der Waals surface area (Å²) in [6.07, 6.45) is 1.58.